The van der Waals surface area contributed by atoms with Crippen LogP contribution in [0.4, 0.5) is 0 Å². The molecule has 0 aromatic heterocycles. The zero-order valence-corrected chi connectivity index (χ0v) is 8.40. The molecule has 0 heterocycles. The molecule has 0 aliphatic heterocycles. The number of fused-ring (bicyclic) bond motifs is 2. The number of Topliss-reactive ketones (excluding diaryl/α,β-unsaturated/α-hetero) is 1. The van der Waals surface area contributed by atoms with Crippen molar-refractivity contribution in [1.29, 1.82) is 0 Å². The Kier molecular flexibility index (Phi) is 2.50. The van der Waals surface area contributed by atoms with Crippen LogP contribution in [0.15, 0.2) is 11.3 Å². The maximum absolute atomic E-state index is 11.7. The lowest BCUT2D eigenvalue weighted by atomic mass is 9.92. The van der Waals surface area contributed by atoms with E-state index in [0.29, 0.717) is 5.57 Å². The van der Waals surface area contributed by atoms with E-state index in [4.69, 9.17) is 5.11 Å². The van der Waals surface area contributed by atoms with Gasteiger partial charge in [-0.3, -0.25) is 9.59 Å². The number of carboxylic acid groups (broad SMARTS) is 1. The first kappa shape index (κ1) is 10.2. The standard InChI is InChI=1S/C11H14O4/c12-8(3-4-9(13)14)10-6-1-2-7(5-6)11(10)15/h6-7,15H,1-5H2,(H,13,14). The van der Waals surface area contributed by atoms with Gasteiger partial charge in [-0.25, -0.2) is 0 Å². The van der Waals surface area contributed by atoms with Gasteiger partial charge in [-0.15, -0.1) is 0 Å². The van der Waals surface area contributed by atoms with E-state index in [9.17, 15) is 14.7 Å². The maximum atomic E-state index is 11.7. The molecule has 4 nitrogen and oxygen atoms in total. The summed E-state index contributed by atoms with van der Waals surface area (Å²) < 4.78 is 0. The number of aliphatic hydroxyl groups is 1. The number of rotatable bonds is 4. The number of carbonyl (C=O) groups is 2. The summed E-state index contributed by atoms with van der Waals surface area (Å²) in [7, 11) is 0. The average molecular weight is 210 g/mol. The number of carbonyl (C=O) groups excluding carboxylic acids is 1. The second-order valence-corrected chi connectivity index (χ2v) is 4.32. The molecule has 2 N–H and O–H groups in total. The molecule has 0 aromatic rings. The third-order valence-electron chi connectivity index (χ3n) is 3.37. The van der Waals surface area contributed by atoms with Crippen LogP contribution in [0.25, 0.3) is 0 Å². The van der Waals surface area contributed by atoms with Crippen molar-refractivity contribution in [1.82, 2.24) is 0 Å². The number of aliphatic carboxylic acids is 1. The SMILES string of the molecule is O=C(O)CCC(=O)C1=C(O)C2CCC1C2. The molecule has 2 aliphatic rings. The lowest BCUT2D eigenvalue weighted by Gasteiger charge is -2.14. The second-order valence-electron chi connectivity index (χ2n) is 4.32. The van der Waals surface area contributed by atoms with E-state index >= 15 is 0 Å². The molecule has 1 saturated carbocycles. The number of allylic oxidation sites excluding steroid dienone is 2. The molecular formula is C11H14O4. The number of ketones is 1. The van der Waals surface area contributed by atoms with E-state index in [2.05, 4.69) is 0 Å². The van der Waals surface area contributed by atoms with E-state index in [1.165, 1.54) is 0 Å². The maximum Gasteiger partial charge on any atom is 0.303 e. The second kappa shape index (κ2) is 3.68. The molecule has 0 aromatic carbocycles. The van der Waals surface area contributed by atoms with Crippen LogP contribution < -0.4 is 0 Å². The third-order valence-corrected chi connectivity index (χ3v) is 3.37. The Labute approximate surface area is 87.6 Å². The van der Waals surface area contributed by atoms with Crippen molar-refractivity contribution in [2.45, 2.75) is 32.1 Å². The highest BCUT2D eigenvalue weighted by Crippen LogP contribution is 2.47. The summed E-state index contributed by atoms with van der Waals surface area (Å²) in [5.74, 6) is -0.551. The van der Waals surface area contributed by atoms with Gasteiger partial charge in [0.1, 0.15) is 5.76 Å². The summed E-state index contributed by atoms with van der Waals surface area (Å²) in [4.78, 5) is 22.0. The van der Waals surface area contributed by atoms with Gasteiger partial charge in [0.25, 0.3) is 0 Å². The fraction of sp³-hybridized carbons (Fsp3) is 0.636. The smallest absolute Gasteiger partial charge is 0.303 e. The summed E-state index contributed by atoms with van der Waals surface area (Å²) >= 11 is 0. The molecule has 0 saturated heterocycles. The number of aliphatic hydroxyl groups excluding tert-OH is 1. The van der Waals surface area contributed by atoms with Crippen LogP contribution in [0.2, 0.25) is 0 Å². The average Bonchev–Trinajstić information content (AvgIpc) is 2.74. The molecule has 0 radical (unpaired) electrons. The molecule has 15 heavy (non-hydrogen) atoms. The first-order chi connectivity index (χ1) is 7.09. The minimum atomic E-state index is -0.966. The minimum Gasteiger partial charge on any atom is -0.512 e. The predicted octanol–water partition coefficient (Wildman–Crippen LogP) is 1.66. The van der Waals surface area contributed by atoms with Crippen molar-refractivity contribution in [3.8, 4) is 0 Å². The lowest BCUT2D eigenvalue weighted by molar-refractivity contribution is -0.138. The Morgan fingerprint density at radius 1 is 1.20 bits per heavy atom. The van der Waals surface area contributed by atoms with Crippen LogP contribution in [0.1, 0.15) is 32.1 Å². The van der Waals surface area contributed by atoms with Crippen molar-refractivity contribution in [3.05, 3.63) is 11.3 Å². The van der Waals surface area contributed by atoms with Gasteiger partial charge in [-0.2, -0.15) is 0 Å². The summed E-state index contributed by atoms with van der Waals surface area (Å²) in [6, 6.07) is 0. The molecule has 1 fully saturated rings. The molecule has 2 unspecified atom stereocenters. The lowest BCUT2D eigenvalue weighted by Crippen LogP contribution is -2.14. The first-order valence-electron chi connectivity index (χ1n) is 5.27. The van der Waals surface area contributed by atoms with Crippen LogP contribution >= 0.6 is 0 Å². The zero-order chi connectivity index (χ0) is 11.0. The number of carboxylic acids is 1. The molecule has 2 atom stereocenters. The summed E-state index contributed by atoms with van der Waals surface area (Å²) in [5.41, 5.74) is 0.521. The van der Waals surface area contributed by atoms with Gasteiger partial charge in [-0.1, -0.05) is 0 Å². The largest absolute Gasteiger partial charge is 0.512 e. The topological polar surface area (TPSA) is 74.6 Å². The van der Waals surface area contributed by atoms with Gasteiger partial charge in [0, 0.05) is 17.9 Å². The first-order valence-corrected chi connectivity index (χ1v) is 5.27. The molecule has 4 heteroatoms. The molecule has 82 valence electrons. The molecule has 2 bridgehead atoms. The van der Waals surface area contributed by atoms with Crippen molar-refractivity contribution >= 4 is 11.8 Å². The van der Waals surface area contributed by atoms with Gasteiger partial charge in [-0.05, 0) is 25.2 Å². The Morgan fingerprint density at radius 3 is 2.40 bits per heavy atom. The van der Waals surface area contributed by atoms with E-state index in [1.807, 2.05) is 0 Å². The van der Waals surface area contributed by atoms with E-state index in [0.717, 1.165) is 19.3 Å². The van der Waals surface area contributed by atoms with Crippen LogP contribution in [0.3, 0.4) is 0 Å². The highest BCUT2D eigenvalue weighted by Gasteiger charge is 2.41. The Morgan fingerprint density at radius 2 is 1.87 bits per heavy atom. The highest BCUT2D eigenvalue weighted by atomic mass is 16.4. The van der Waals surface area contributed by atoms with Gasteiger partial charge < -0.3 is 10.2 Å². The Hall–Kier alpha value is -1.32. The van der Waals surface area contributed by atoms with Crippen molar-refractivity contribution < 1.29 is 19.8 Å². The Balaban J connectivity index is 2.04. The molecular weight excluding hydrogens is 196 g/mol. The van der Waals surface area contributed by atoms with Gasteiger partial charge >= 0.3 is 5.97 Å². The van der Waals surface area contributed by atoms with Crippen LogP contribution in [-0.2, 0) is 9.59 Å². The van der Waals surface area contributed by atoms with Crippen molar-refractivity contribution in [2.75, 3.05) is 0 Å². The van der Waals surface area contributed by atoms with Gasteiger partial charge in [0.15, 0.2) is 5.78 Å². The van der Waals surface area contributed by atoms with E-state index in [1.54, 1.807) is 0 Å². The predicted molar refractivity (Wildman–Crippen MR) is 52.4 cm³/mol. The summed E-state index contributed by atoms with van der Waals surface area (Å²) in [6.45, 7) is 0. The zero-order valence-electron chi connectivity index (χ0n) is 8.40. The van der Waals surface area contributed by atoms with E-state index < -0.39 is 5.97 Å². The quantitative estimate of drug-likeness (QED) is 0.740. The molecule has 0 amide bonds. The Bertz CT molecular complexity index is 342. The van der Waals surface area contributed by atoms with Crippen molar-refractivity contribution in [3.63, 3.8) is 0 Å². The fourth-order valence-corrected chi connectivity index (χ4v) is 2.65. The van der Waals surface area contributed by atoms with Crippen LogP contribution in [0, 0.1) is 11.8 Å². The molecule has 2 rings (SSSR count). The number of hydrogen-bond donors (Lipinski definition) is 2. The number of hydrogen-bond acceptors (Lipinski definition) is 3. The summed E-state index contributed by atoms with van der Waals surface area (Å²) in [5, 5.41) is 18.2. The monoisotopic (exact) mass is 210 g/mol. The normalized spacial score (nSPS) is 28.5. The van der Waals surface area contributed by atoms with Crippen molar-refractivity contribution in [2.24, 2.45) is 11.8 Å². The van der Waals surface area contributed by atoms with E-state index in [-0.39, 0.29) is 36.2 Å². The van der Waals surface area contributed by atoms with Gasteiger partial charge in [0.2, 0.25) is 0 Å². The minimum absolute atomic E-state index is 0.0119. The van der Waals surface area contributed by atoms with Crippen LogP contribution in [-0.4, -0.2) is 22.0 Å². The molecule has 0 spiro atoms. The third kappa shape index (κ3) is 1.76. The van der Waals surface area contributed by atoms with Crippen LogP contribution in [0.5, 0.6) is 0 Å². The highest BCUT2D eigenvalue weighted by molar-refractivity contribution is 5.98. The molecule has 2 aliphatic carbocycles. The fourth-order valence-electron chi connectivity index (χ4n) is 2.65. The van der Waals surface area contributed by atoms with Gasteiger partial charge in [0.05, 0.1) is 6.42 Å². The summed E-state index contributed by atoms with van der Waals surface area (Å²) in [6.07, 6.45) is 2.67.